The van der Waals surface area contributed by atoms with Gasteiger partial charge in [0.25, 0.3) is 0 Å². The number of rotatable bonds is 7. The molecule has 0 saturated heterocycles. The van der Waals surface area contributed by atoms with Crippen molar-refractivity contribution in [3.05, 3.63) is 271 Å². The van der Waals surface area contributed by atoms with Crippen LogP contribution in [0.5, 0.6) is 0 Å². The van der Waals surface area contributed by atoms with Crippen molar-refractivity contribution in [2.24, 2.45) is 0 Å². The van der Waals surface area contributed by atoms with Gasteiger partial charge in [-0.2, -0.15) is 0 Å². The molecule has 1 aliphatic rings. The van der Waals surface area contributed by atoms with Crippen molar-refractivity contribution in [3.8, 4) is 33.4 Å². The van der Waals surface area contributed by atoms with Crippen LogP contribution in [-0.2, 0) is 5.41 Å². The fraction of sp³-hybridized carbons (Fsp3) is 0.0159. The molecule has 0 N–H and O–H groups in total. The van der Waals surface area contributed by atoms with E-state index in [0.29, 0.717) is 0 Å². The third-order valence-electron chi connectivity index (χ3n) is 13.7. The Balaban J connectivity index is 1.12. The molecule has 11 aromatic carbocycles. The van der Waals surface area contributed by atoms with Gasteiger partial charge in [0.2, 0.25) is 0 Å². The second-order valence-corrected chi connectivity index (χ2v) is 18.2. The Bertz CT molecular complexity index is 3720. The lowest BCUT2D eigenvalue weighted by Gasteiger charge is -2.35. The Labute approximate surface area is 382 Å². The maximum absolute atomic E-state index is 2.55. The fourth-order valence-electron chi connectivity index (χ4n) is 11.0. The Morgan fingerprint density at radius 2 is 0.846 bits per heavy atom. The van der Waals surface area contributed by atoms with Gasteiger partial charge in [-0.05, 0) is 96.6 Å². The van der Waals surface area contributed by atoms with Crippen LogP contribution in [0.3, 0.4) is 0 Å². The number of hydrogen-bond acceptors (Lipinski definition) is 2. The van der Waals surface area contributed by atoms with Crippen molar-refractivity contribution in [2.45, 2.75) is 5.41 Å². The third kappa shape index (κ3) is 5.71. The molecule has 0 atom stereocenters. The second-order valence-electron chi connectivity index (χ2n) is 17.1. The Kier molecular flexibility index (Phi) is 8.69. The van der Waals surface area contributed by atoms with Crippen molar-refractivity contribution in [3.63, 3.8) is 0 Å². The van der Waals surface area contributed by atoms with Crippen LogP contribution in [0.4, 0.5) is 17.1 Å². The minimum absolute atomic E-state index is 0.545. The molecule has 13 rings (SSSR count). The standard InChI is InChI=1S/C63H41NS/c1-4-19-43(20-5-1)60-54-29-12-10-25-49(54)50-26-11-13-30-55(50)61(60)64(46-37-35-42(36-38-46)48-31-18-32-56-53-28-15-17-34-59(53)65-62(48)56)47-39-40-52-51-27-14-16-33-57(51)63(58(52)41-47,44-21-6-2-7-22-44)45-23-8-3-9-24-45/h1-41H. The smallest absolute Gasteiger partial charge is 0.0714 e. The summed E-state index contributed by atoms with van der Waals surface area (Å²) in [6.45, 7) is 0. The highest BCUT2D eigenvalue weighted by molar-refractivity contribution is 7.26. The maximum atomic E-state index is 2.55. The van der Waals surface area contributed by atoms with Crippen LogP contribution in [0.2, 0.25) is 0 Å². The largest absolute Gasteiger partial charge is 0.309 e. The van der Waals surface area contributed by atoms with E-state index in [2.05, 4.69) is 254 Å². The van der Waals surface area contributed by atoms with Gasteiger partial charge in [0.05, 0.1) is 11.1 Å². The number of benzene rings is 11. The molecule has 1 aromatic heterocycles. The zero-order chi connectivity index (χ0) is 42.9. The van der Waals surface area contributed by atoms with Crippen molar-refractivity contribution in [1.82, 2.24) is 0 Å². The molecule has 304 valence electrons. The van der Waals surface area contributed by atoms with Gasteiger partial charge in [-0.15, -0.1) is 11.3 Å². The molecule has 0 aliphatic heterocycles. The summed E-state index contributed by atoms with van der Waals surface area (Å²) < 4.78 is 2.64. The lowest BCUT2D eigenvalue weighted by molar-refractivity contribution is 0.768. The number of nitrogens with zero attached hydrogens (tertiary/aromatic N) is 1. The molecule has 0 fully saturated rings. The zero-order valence-electron chi connectivity index (χ0n) is 35.5. The van der Waals surface area contributed by atoms with E-state index in [-0.39, 0.29) is 0 Å². The normalized spacial score (nSPS) is 12.7. The first-order chi connectivity index (χ1) is 32.3. The summed E-state index contributed by atoms with van der Waals surface area (Å²) >= 11 is 1.88. The minimum atomic E-state index is -0.545. The highest BCUT2D eigenvalue weighted by Crippen LogP contribution is 2.58. The van der Waals surface area contributed by atoms with Crippen LogP contribution >= 0.6 is 11.3 Å². The van der Waals surface area contributed by atoms with Crippen molar-refractivity contribution in [1.29, 1.82) is 0 Å². The molecular weight excluding hydrogens is 803 g/mol. The first-order valence-electron chi connectivity index (χ1n) is 22.4. The molecular formula is C63H41NS. The van der Waals surface area contributed by atoms with Gasteiger partial charge in [-0.1, -0.05) is 218 Å². The first kappa shape index (κ1) is 37.5. The monoisotopic (exact) mass is 843 g/mol. The molecule has 12 aromatic rings. The van der Waals surface area contributed by atoms with Crippen LogP contribution in [-0.4, -0.2) is 0 Å². The highest BCUT2D eigenvalue weighted by Gasteiger charge is 2.46. The number of fused-ring (bicyclic) bond motifs is 9. The average molecular weight is 844 g/mol. The van der Waals surface area contributed by atoms with Gasteiger partial charge in [0, 0.05) is 42.5 Å². The second kappa shape index (κ2) is 15.1. The Morgan fingerprint density at radius 1 is 0.323 bits per heavy atom. The molecule has 1 heterocycles. The first-order valence-corrected chi connectivity index (χ1v) is 23.2. The van der Waals surface area contributed by atoms with E-state index in [9.17, 15) is 0 Å². The molecule has 0 unspecified atom stereocenters. The average Bonchev–Trinajstić information content (AvgIpc) is 3.91. The molecule has 0 amide bonds. The van der Waals surface area contributed by atoms with Crippen molar-refractivity contribution < 1.29 is 0 Å². The molecule has 1 aliphatic carbocycles. The maximum Gasteiger partial charge on any atom is 0.0714 e. The molecule has 0 bridgehead atoms. The predicted molar refractivity (Wildman–Crippen MR) is 277 cm³/mol. The number of thiophene rings is 1. The van der Waals surface area contributed by atoms with E-state index in [4.69, 9.17) is 0 Å². The Hall–Kier alpha value is -8.04. The summed E-state index contributed by atoms with van der Waals surface area (Å²) in [7, 11) is 0. The number of anilines is 3. The fourth-order valence-corrected chi connectivity index (χ4v) is 12.2. The van der Waals surface area contributed by atoms with E-state index < -0.39 is 5.41 Å². The van der Waals surface area contributed by atoms with Crippen LogP contribution in [0.25, 0.3) is 75.1 Å². The summed E-state index contributed by atoms with van der Waals surface area (Å²) in [5.74, 6) is 0. The van der Waals surface area contributed by atoms with E-state index in [0.717, 1.165) is 17.1 Å². The van der Waals surface area contributed by atoms with Crippen LogP contribution < -0.4 is 4.90 Å². The molecule has 1 nitrogen and oxygen atoms in total. The molecule has 0 radical (unpaired) electrons. The van der Waals surface area contributed by atoms with Crippen molar-refractivity contribution >= 4 is 70.1 Å². The molecule has 65 heavy (non-hydrogen) atoms. The van der Waals surface area contributed by atoms with Crippen molar-refractivity contribution in [2.75, 3.05) is 4.90 Å². The molecule has 0 spiro atoms. The zero-order valence-corrected chi connectivity index (χ0v) is 36.3. The van der Waals surface area contributed by atoms with E-state index in [1.807, 2.05) is 11.3 Å². The number of hydrogen-bond donors (Lipinski definition) is 0. The lowest BCUT2D eigenvalue weighted by Crippen LogP contribution is -2.28. The predicted octanol–water partition coefficient (Wildman–Crippen LogP) is 17.5. The molecule has 0 saturated carbocycles. The van der Waals surface area contributed by atoms with Gasteiger partial charge >= 0.3 is 0 Å². The SMILES string of the molecule is c1ccc(-c2c(N(c3ccc(-c4cccc5c4sc4ccccc45)cc3)c3ccc4c(c3)C(c3ccccc3)(c3ccccc3)c3ccccc3-4)c3ccccc3c3ccccc23)cc1. The quantitative estimate of drug-likeness (QED) is 0.145. The van der Waals surface area contributed by atoms with E-state index >= 15 is 0 Å². The van der Waals surface area contributed by atoms with Gasteiger partial charge in [-0.25, -0.2) is 0 Å². The third-order valence-corrected chi connectivity index (χ3v) is 15.0. The van der Waals surface area contributed by atoms with Gasteiger partial charge < -0.3 is 4.90 Å². The summed E-state index contributed by atoms with van der Waals surface area (Å²) in [5, 5.41) is 7.52. The van der Waals surface area contributed by atoms with Gasteiger partial charge in [0.1, 0.15) is 0 Å². The minimum Gasteiger partial charge on any atom is -0.309 e. The van der Waals surface area contributed by atoms with Crippen LogP contribution in [0.1, 0.15) is 22.3 Å². The van der Waals surface area contributed by atoms with Crippen LogP contribution in [0.15, 0.2) is 249 Å². The lowest BCUT2D eigenvalue weighted by atomic mass is 9.67. The Morgan fingerprint density at radius 3 is 1.57 bits per heavy atom. The highest BCUT2D eigenvalue weighted by atomic mass is 32.1. The van der Waals surface area contributed by atoms with Gasteiger partial charge in [-0.3, -0.25) is 0 Å². The van der Waals surface area contributed by atoms with E-state index in [1.54, 1.807) is 0 Å². The topological polar surface area (TPSA) is 3.24 Å². The van der Waals surface area contributed by atoms with Gasteiger partial charge in [0.15, 0.2) is 0 Å². The summed E-state index contributed by atoms with van der Waals surface area (Å²) in [4.78, 5) is 2.55. The van der Waals surface area contributed by atoms with E-state index in [1.165, 1.54) is 97.4 Å². The molecule has 2 heteroatoms. The summed E-state index contributed by atoms with van der Waals surface area (Å²) in [5.41, 5.74) is 15.3. The summed E-state index contributed by atoms with van der Waals surface area (Å²) in [6.07, 6.45) is 0. The summed E-state index contributed by atoms with van der Waals surface area (Å²) in [6, 6.07) is 92.2. The van der Waals surface area contributed by atoms with Crippen LogP contribution in [0, 0.1) is 0 Å².